The van der Waals surface area contributed by atoms with E-state index in [1.807, 2.05) is 19.2 Å². The number of hydrogen-bond acceptors (Lipinski definition) is 5. The summed E-state index contributed by atoms with van der Waals surface area (Å²) in [5.74, 6) is 4.69. The van der Waals surface area contributed by atoms with Crippen molar-refractivity contribution in [1.82, 2.24) is 25.0 Å². The molecule has 1 aliphatic rings. The van der Waals surface area contributed by atoms with Crippen LogP contribution in [0.2, 0.25) is 0 Å². The fourth-order valence-electron chi connectivity index (χ4n) is 4.00. The van der Waals surface area contributed by atoms with Gasteiger partial charge < -0.3 is 24.3 Å². The minimum atomic E-state index is 0. The summed E-state index contributed by atoms with van der Waals surface area (Å²) in [6.07, 6.45) is 7.63. The number of rotatable bonds is 9. The second-order valence-corrected chi connectivity index (χ2v) is 7.93. The summed E-state index contributed by atoms with van der Waals surface area (Å²) in [7, 11) is 7.21. The number of nitrogens with one attached hydrogen (secondary N) is 1. The Balaban J connectivity index is 0.00000363. The van der Waals surface area contributed by atoms with Crippen LogP contribution in [-0.2, 0) is 25.8 Å². The minimum Gasteiger partial charge on any atom is -0.493 e. The van der Waals surface area contributed by atoms with Crippen molar-refractivity contribution in [3.63, 3.8) is 0 Å². The normalized spacial score (nSPS) is 13.6. The van der Waals surface area contributed by atoms with E-state index in [9.17, 15) is 0 Å². The zero-order valence-electron chi connectivity index (χ0n) is 19.8. The third-order valence-corrected chi connectivity index (χ3v) is 5.80. The van der Waals surface area contributed by atoms with Crippen molar-refractivity contribution in [2.24, 2.45) is 4.99 Å². The minimum absolute atomic E-state index is 0. The standard InChI is InChI=1S/C23H36N6O2.HI/c1-24-23(28(2)16-13-18-11-12-19(30-3)20(17-18)31-4)25-14-8-10-22-27-26-21-9-6-5-7-15-29(21)22;/h11-12,17H,5-10,13-16H2,1-4H3,(H,24,25);1H. The number of halogens is 1. The maximum Gasteiger partial charge on any atom is 0.193 e. The highest BCUT2D eigenvalue weighted by Gasteiger charge is 2.14. The van der Waals surface area contributed by atoms with E-state index in [1.54, 1.807) is 14.2 Å². The molecule has 0 saturated heterocycles. The van der Waals surface area contributed by atoms with Gasteiger partial charge in [0.05, 0.1) is 14.2 Å². The van der Waals surface area contributed by atoms with Crippen molar-refractivity contribution in [2.45, 2.75) is 51.5 Å². The first-order chi connectivity index (χ1) is 15.2. The van der Waals surface area contributed by atoms with Gasteiger partial charge in [0.2, 0.25) is 0 Å². The molecule has 1 aromatic carbocycles. The maximum absolute atomic E-state index is 5.40. The van der Waals surface area contributed by atoms with Crippen LogP contribution in [0.25, 0.3) is 0 Å². The topological polar surface area (TPSA) is 76.8 Å². The molecule has 32 heavy (non-hydrogen) atoms. The van der Waals surface area contributed by atoms with Crippen molar-refractivity contribution in [3.8, 4) is 11.5 Å². The van der Waals surface area contributed by atoms with Gasteiger partial charge in [0.1, 0.15) is 11.6 Å². The molecule has 0 aliphatic carbocycles. The lowest BCUT2D eigenvalue weighted by atomic mass is 10.1. The molecule has 2 aromatic rings. The Morgan fingerprint density at radius 1 is 1.12 bits per heavy atom. The number of fused-ring (bicyclic) bond motifs is 1. The lowest BCUT2D eigenvalue weighted by Gasteiger charge is -2.22. The predicted molar refractivity (Wildman–Crippen MR) is 139 cm³/mol. The van der Waals surface area contributed by atoms with Crippen molar-refractivity contribution in [2.75, 3.05) is 41.4 Å². The molecule has 2 heterocycles. The van der Waals surface area contributed by atoms with Gasteiger partial charge in [-0.2, -0.15) is 0 Å². The summed E-state index contributed by atoms with van der Waals surface area (Å²) >= 11 is 0. The summed E-state index contributed by atoms with van der Waals surface area (Å²) in [4.78, 5) is 6.58. The van der Waals surface area contributed by atoms with E-state index in [0.717, 1.165) is 74.4 Å². The Kier molecular flexibility index (Phi) is 11.1. The number of hydrogen-bond donors (Lipinski definition) is 1. The van der Waals surface area contributed by atoms with E-state index in [1.165, 1.54) is 24.8 Å². The summed E-state index contributed by atoms with van der Waals surface area (Å²) in [5.41, 5.74) is 1.20. The molecular weight excluding hydrogens is 519 g/mol. The van der Waals surface area contributed by atoms with Gasteiger partial charge in [-0.05, 0) is 43.4 Å². The monoisotopic (exact) mass is 556 g/mol. The van der Waals surface area contributed by atoms with Crippen LogP contribution >= 0.6 is 24.0 Å². The van der Waals surface area contributed by atoms with Crippen molar-refractivity contribution < 1.29 is 9.47 Å². The molecule has 3 rings (SSSR count). The molecule has 1 aliphatic heterocycles. The first kappa shape index (κ1) is 26.2. The number of likely N-dealkylation sites (N-methyl/N-ethyl adjacent to an activating group) is 1. The fraction of sp³-hybridized carbons (Fsp3) is 0.609. The molecule has 0 spiro atoms. The van der Waals surface area contributed by atoms with Gasteiger partial charge >= 0.3 is 0 Å². The van der Waals surface area contributed by atoms with Crippen molar-refractivity contribution in [1.29, 1.82) is 0 Å². The van der Waals surface area contributed by atoms with Crippen molar-refractivity contribution >= 4 is 29.9 Å². The molecule has 1 N–H and O–H groups in total. The Labute approximate surface area is 208 Å². The van der Waals surface area contributed by atoms with E-state index in [0.29, 0.717) is 0 Å². The highest BCUT2D eigenvalue weighted by atomic mass is 127. The largest absolute Gasteiger partial charge is 0.493 e. The highest BCUT2D eigenvalue weighted by Crippen LogP contribution is 2.27. The van der Waals surface area contributed by atoms with Crippen LogP contribution in [0.5, 0.6) is 11.5 Å². The first-order valence-corrected chi connectivity index (χ1v) is 11.2. The predicted octanol–water partition coefficient (Wildman–Crippen LogP) is 3.32. The zero-order valence-corrected chi connectivity index (χ0v) is 22.1. The number of aromatic nitrogens is 3. The van der Waals surface area contributed by atoms with E-state index in [4.69, 9.17) is 9.47 Å². The maximum atomic E-state index is 5.40. The lowest BCUT2D eigenvalue weighted by molar-refractivity contribution is 0.354. The van der Waals surface area contributed by atoms with Crippen LogP contribution in [0, 0.1) is 0 Å². The average molecular weight is 556 g/mol. The van der Waals surface area contributed by atoms with Crippen LogP contribution in [0.1, 0.15) is 42.9 Å². The lowest BCUT2D eigenvalue weighted by Crippen LogP contribution is -2.40. The van der Waals surface area contributed by atoms with Gasteiger partial charge in [-0.25, -0.2) is 0 Å². The van der Waals surface area contributed by atoms with Crippen LogP contribution in [0.3, 0.4) is 0 Å². The van der Waals surface area contributed by atoms with Crippen LogP contribution < -0.4 is 14.8 Å². The molecule has 0 radical (unpaired) electrons. The molecule has 9 heteroatoms. The van der Waals surface area contributed by atoms with Crippen LogP contribution in [0.4, 0.5) is 0 Å². The average Bonchev–Trinajstić information content (AvgIpc) is 3.02. The number of guanidine groups is 1. The van der Waals surface area contributed by atoms with E-state index < -0.39 is 0 Å². The smallest absolute Gasteiger partial charge is 0.193 e. The van der Waals surface area contributed by atoms with E-state index in [-0.39, 0.29) is 24.0 Å². The van der Waals surface area contributed by atoms with E-state index >= 15 is 0 Å². The molecule has 0 bridgehead atoms. The quantitative estimate of drug-likeness (QED) is 0.221. The summed E-state index contributed by atoms with van der Waals surface area (Å²) in [5, 5.41) is 12.3. The number of aryl methyl sites for hydroxylation is 2. The molecule has 0 amide bonds. The van der Waals surface area contributed by atoms with Crippen molar-refractivity contribution in [3.05, 3.63) is 35.4 Å². The number of benzene rings is 1. The third-order valence-electron chi connectivity index (χ3n) is 5.80. The number of nitrogens with zero attached hydrogens (tertiary/aromatic N) is 5. The molecule has 1 aromatic heterocycles. The number of ether oxygens (including phenoxy) is 2. The Bertz CT molecular complexity index is 870. The Morgan fingerprint density at radius 3 is 2.69 bits per heavy atom. The van der Waals surface area contributed by atoms with Gasteiger partial charge in [0, 0.05) is 46.6 Å². The fourth-order valence-corrected chi connectivity index (χ4v) is 4.00. The van der Waals surface area contributed by atoms with Gasteiger partial charge in [-0.3, -0.25) is 4.99 Å². The Morgan fingerprint density at radius 2 is 1.94 bits per heavy atom. The first-order valence-electron chi connectivity index (χ1n) is 11.2. The zero-order chi connectivity index (χ0) is 22.1. The second-order valence-electron chi connectivity index (χ2n) is 7.93. The molecule has 0 atom stereocenters. The highest BCUT2D eigenvalue weighted by molar-refractivity contribution is 14.0. The third kappa shape index (κ3) is 6.98. The molecular formula is C23H37IN6O2. The SMILES string of the molecule is CN=C(NCCCc1nnc2n1CCCCC2)N(C)CCc1ccc(OC)c(OC)c1.I. The summed E-state index contributed by atoms with van der Waals surface area (Å²) in [6.45, 7) is 2.77. The summed E-state index contributed by atoms with van der Waals surface area (Å²) in [6, 6.07) is 6.06. The number of methoxy groups -OCH3 is 2. The molecule has 178 valence electrons. The van der Waals surface area contributed by atoms with Gasteiger partial charge in [0.15, 0.2) is 17.5 Å². The van der Waals surface area contributed by atoms with Gasteiger partial charge in [-0.15, -0.1) is 34.2 Å². The van der Waals surface area contributed by atoms with Gasteiger partial charge in [0.25, 0.3) is 0 Å². The second kappa shape index (κ2) is 13.5. The van der Waals surface area contributed by atoms with Crippen LogP contribution in [0.15, 0.2) is 23.2 Å². The van der Waals surface area contributed by atoms with Crippen LogP contribution in [-0.4, -0.2) is 67.0 Å². The molecule has 8 nitrogen and oxygen atoms in total. The molecule has 0 fully saturated rings. The molecule has 0 unspecified atom stereocenters. The Hall–Kier alpha value is -2.04. The summed E-state index contributed by atoms with van der Waals surface area (Å²) < 4.78 is 13.1. The van der Waals surface area contributed by atoms with Gasteiger partial charge in [-0.1, -0.05) is 12.5 Å². The van der Waals surface area contributed by atoms with E-state index in [2.05, 4.69) is 43.1 Å². The number of aliphatic imine (C=N–C) groups is 1. The molecule has 0 saturated carbocycles.